The summed E-state index contributed by atoms with van der Waals surface area (Å²) in [5, 5.41) is 0. The second-order valence-electron chi connectivity index (χ2n) is 6.85. The number of hydrogen-bond donors (Lipinski definition) is 0. The molecule has 0 spiro atoms. The van der Waals surface area contributed by atoms with E-state index in [-0.39, 0.29) is 24.4 Å². The van der Waals surface area contributed by atoms with Crippen LogP contribution in [-0.2, 0) is 6.18 Å². The monoisotopic (exact) mass is 361 g/mol. The summed E-state index contributed by atoms with van der Waals surface area (Å²) in [7, 11) is 0. The van der Waals surface area contributed by atoms with E-state index in [1.807, 2.05) is 0 Å². The van der Waals surface area contributed by atoms with E-state index in [0.717, 1.165) is 31.5 Å². The Hall–Kier alpha value is -1.07. The van der Waals surface area contributed by atoms with Crippen molar-refractivity contribution < 1.29 is 18.0 Å². The summed E-state index contributed by atoms with van der Waals surface area (Å²) in [6.07, 6.45) is 0.687. The number of ketones is 1. The van der Waals surface area contributed by atoms with E-state index in [9.17, 15) is 18.0 Å². The highest BCUT2D eigenvalue weighted by molar-refractivity contribution is 5.97. The molecule has 0 aromatic heterocycles. The van der Waals surface area contributed by atoms with Gasteiger partial charge in [0.15, 0.2) is 5.78 Å². The highest BCUT2D eigenvalue weighted by Crippen LogP contribution is 2.36. The quantitative estimate of drug-likeness (QED) is 0.716. The third-order valence-corrected chi connectivity index (χ3v) is 5.21. The molecule has 1 aromatic carbocycles. The summed E-state index contributed by atoms with van der Waals surface area (Å²) >= 11 is 0. The number of likely N-dealkylation sites (tertiary alicyclic amines) is 1. The zero-order valence-electron chi connectivity index (χ0n) is 13.5. The van der Waals surface area contributed by atoms with Crippen molar-refractivity contribution in [3.63, 3.8) is 0 Å². The van der Waals surface area contributed by atoms with Crippen molar-refractivity contribution in [3.05, 3.63) is 35.4 Å². The maximum Gasteiger partial charge on any atom is 0.417 e. The van der Waals surface area contributed by atoms with Gasteiger partial charge in [0.1, 0.15) is 0 Å². The summed E-state index contributed by atoms with van der Waals surface area (Å²) in [5.74, 6) is 1.11. The minimum Gasteiger partial charge on any atom is -0.303 e. The van der Waals surface area contributed by atoms with Crippen LogP contribution in [0.15, 0.2) is 24.3 Å². The lowest BCUT2D eigenvalue weighted by atomic mass is 10.0. The van der Waals surface area contributed by atoms with Crippen LogP contribution in [0.2, 0.25) is 0 Å². The summed E-state index contributed by atoms with van der Waals surface area (Å²) in [5.41, 5.74) is -1.02. The predicted molar refractivity (Wildman–Crippen MR) is 89.5 cm³/mol. The first-order chi connectivity index (χ1) is 10.9. The predicted octanol–water partition coefficient (Wildman–Crippen LogP) is 4.82. The van der Waals surface area contributed by atoms with Gasteiger partial charge in [0.25, 0.3) is 0 Å². The molecule has 134 valence electrons. The van der Waals surface area contributed by atoms with Crippen LogP contribution in [-0.4, -0.2) is 30.3 Å². The summed E-state index contributed by atoms with van der Waals surface area (Å²) < 4.78 is 39.0. The molecule has 2 atom stereocenters. The summed E-state index contributed by atoms with van der Waals surface area (Å²) in [6, 6.07) is 5.09. The van der Waals surface area contributed by atoms with Crippen LogP contribution in [0, 0.1) is 11.8 Å². The fraction of sp³-hybridized carbons (Fsp3) is 0.611. The van der Waals surface area contributed by atoms with E-state index in [4.69, 9.17) is 0 Å². The normalized spacial score (nSPS) is 24.3. The molecule has 1 heterocycles. The molecule has 0 N–H and O–H groups in total. The minimum absolute atomic E-state index is 0. The first kappa shape index (κ1) is 19.3. The SMILES string of the molecule is Cl.O=C(CCN1CCC2CCC(C2)C1)c1ccccc1C(F)(F)F. The van der Waals surface area contributed by atoms with Gasteiger partial charge in [-0.05, 0) is 43.7 Å². The van der Waals surface area contributed by atoms with E-state index in [2.05, 4.69) is 4.90 Å². The van der Waals surface area contributed by atoms with E-state index in [1.54, 1.807) is 0 Å². The van der Waals surface area contributed by atoms with Crippen LogP contribution in [0.3, 0.4) is 0 Å². The zero-order chi connectivity index (χ0) is 16.4. The molecule has 3 rings (SSSR count). The topological polar surface area (TPSA) is 20.3 Å². The van der Waals surface area contributed by atoms with Crippen LogP contribution >= 0.6 is 12.4 Å². The van der Waals surface area contributed by atoms with E-state index >= 15 is 0 Å². The summed E-state index contributed by atoms with van der Waals surface area (Å²) in [6.45, 7) is 2.52. The molecular weight excluding hydrogens is 339 g/mol. The highest BCUT2D eigenvalue weighted by Gasteiger charge is 2.35. The van der Waals surface area contributed by atoms with Gasteiger partial charge < -0.3 is 4.90 Å². The Morgan fingerprint density at radius 2 is 1.83 bits per heavy atom. The second kappa shape index (κ2) is 7.87. The van der Waals surface area contributed by atoms with Gasteiger partial charge in [-0.25, -0.2) is 0 Å². The molecule has 2 unspecified atom stereocenters. The second-order valence-corrected chi connectivity index (χ2v) is 6.85. The van der Waals surface area contributed by atoms with E-state index in [1.165, 1.54) is 37.5 Å². The van der Waals surface area contributed by atoms with Gasteiger partial charge in [0.2, 0.25) is 0 Å². The summed E-state index contributed by atoms with van der Waals surface area (Å²) in [4.78, 5) is 14.5. The van der Waals surface area contributed by atoms with E-state index < -0.39 is 17.5 Å². The van der Waals surface area contributed by atoms with Gasteiger partial charge in [-0.1, -0.05) is 24.6 Å². The molecule has 24 heavy (non-hydrogen) atoms. The van der Waals surface area contributed by atoms with Gasteiger partial charge >= 0.3 is 6.18 Å². The average molecular weight is 362 g/mol. The van der Waals surface area contributed by atoms with Gasteiger partial charge in [0, 0.05) is 25.1 Å². The number of nitrogens with zero attached hydrogens (tertiary/aromatic N) is 1. The van der Waals surface area contributed by atoms with Crippen LogP contribution in [0.4, 0.5) is 13.2 Å². The third kappa shape index (κ3) is 4.51. The minimum atomic E-state index is -4.48. The number of halogens is 4. The fourth-order valence-corrected chi connectivity index (χ4v) is 4.00. The Morgan fingerprint density at radius 3 is 2.58 bits per heavy atom. The molecule has 1 aromatic rings. The maximum absolute atomic E-state index is 13.0. The first-order valence-corrected chi connectivity index (χ1v) is 8.35. The number of alkyl halides is 3. The lowest BCUT2D eigenvalue weighted by Gasteiger charge is -2.24. The van der Waals surface area contributed by atoms with Crippen molar-refractivity contribution in [1.29, 1.82) is 0 Å². The van der Waals surface area contributed by atoms with Gasteiger partial charge in [0.05, 0.1) is 5.56 Å². The van der Waals surface area contributed by atoms with Crippen molar-refractivity contribution in [2.24, 2.45) is 11.8 Å². The molecular formula is C18H23ClF3NO. The molecule has 2 fully saturated rings. The Bertz CT molecular complexity index is 576. The van der Waals surface area contributed by atoms with Crippen molar-refractivity contribution in [2.75, 3.05) is 19.6 Å². The van der Waals surface area contributed by atoms with Crippen molar-refractivity contribution in [2.45, 2.75) is 38.3 Å². The van der Waals surface area contributed by atoms with E-state index in [0.29, 0.717) is 12.5 Å². The first-order valence-electron chi connectivity index (χ1n) is 8.35. The average Bonchev–Trinajstić information content (AvgIpc) is 2.85. The number of benzene rings is 1. The number of carbonyl (C=O) groups is 1. The molecule has 1 aliphatic carbocycles. The highest BCUT2D eigenvalue weighted by atomic mass is 35.5. The molecule has 6 heteroatoms. The largest absolute Gasteiger partial charge is 0.417 e. The smallest absolute Gasteiger partial charge is 0.303 e. The number of carbonyl (C=O) groups excluding carboxylic acids is 1. The number of fused-ring (bicyclic) bond motifs is 2. The lowest BCUT2D eigenvalue weighted by molar-refractivity contribution is -0.137. The Morgan fingerprint density at radius 1 is 1.12 bits per heavy atom. The maximum atomic E-state index is 13.0. The lowest BCUT2D eigenvalue weighted by Crippen LogP contribution is -2.31. The molecule has 2 bridgehead atoms. The molecule has 1 aliphatic heterocycles. The Balaban J connectivity index is 0.00000208. The van der Waals surface area contributed by atoms with Crippen LogP contribution in [0.5, 0.6) is 0 Å². The molecule has 1 saturated heterocycles. The molecule has 0 amide bonds. The third-order valence-electron chi connectivity index (χ3n) is 5.21. The van der Waals surface area contributed by atoms with Crippen LogP contribution < -0.4 is 0 Å². The Kier molecular flexibility index (Phi) is 6.32. The molecule has 2 aliphatic rings. The molecule has 0 radical (unpaired) electrons. The fourth-order valence-electron chi connectivity index (χ4n) is 4.00. The van der Waals surface area contributed by atoms with Gasteiger partial charge in [-0.2, -0.15) is 13.2 Å². The molecule has 2 nitrogen and oxygen atoms in total. The standard InChI is InChI=1S/C18H22F3NO.ClH/c19-18(20,21)16-4-2-1-3-15(16)17(23)8-10-22-9-7-13-5-6-14(11-13)12-22;/h1-4,13-14H,5-12H2;1H. The van der Waals surface area contributed by atoms with Crippen LogP contribution in [0.1, 0.15) is 48.0 Å². The van der Waals surface area contributed by atoms with Gasteiger partial charge in [-0.15, -0.1) is 12.4 Å². The van der Waals surface area contributed by atoms with Crippen molar-refractivity contribution >= 4 is 18.2 Å². The number of hydrogen-bond acceptors (Lipinski definition) is 2. The zero-order valence-corrected chi connectivity index (χ0v) is 14.3. The van der Waals surface area contributed by atoms with Crippen molar-refractivity contribution in [1.82, 2.24) is 4.90 Å². The van der Waals surface area contributed by atoms with Gasteiger partial charge in [-0.3, -0.25) is 4.79 Å². The Labute approximate surface area is 146 Å². The van der Waals surface area contributed by atoms with Crippen molar-refractivity contribution in [3.8, 4) is 0 Å². The number of Topliss-reactive ketones (excluding diaryl/α,β-unsaturated/α-hetero) is 1. The number of rotatable bonds is 4. The molecule has 1 saturated carbocycles. The van der Waals surface area contributed by atoms with Crippen LogP contribution in [0.25, 0.3) is 0 Å².